The van der Waals surface area contributed by atoms with E-state index in [9.17, 15) is 0 Å². The summed E-state index contributed by atoms with van der Waals surface area (Å²) in [6.45, 7) is 4.60. The van der Waals surface area contributed by atoms with Crippen molar-refractivity contribution in [1.82, 2.24) is 4.98 Å². The number of anilines is 1. The Labute approximate surface area is 231 Å². The molecular weight excluding hydrogens is 476 g/mol. The zero-order chi connectivity index (χ0) is 26.3. The molecular formula is C35H38N4. The van der Waals surface area contributed by atoms with Crippen LogP contribution in [0.5, 0.6) is 0 Å². The Morgan fingerprint density at radius 3 is 2.67 bits per heavy atom. The summed E-state index contributed by atoms with van der Waals surface area (Å²) in [6.07, 6.45) is 12.9. The lowest BCUT2D eigenvalue weighted by Crippen LogP contribution is -2.59. The van der Waals surface area contributed by atoms with E-state index < -0.39 is 5.66 Å². The number of pyridine rings is 1. The summed E-state index contributed by atoms with van der Waals surface area (Å²) in [5, 5.41) is 5.35. The molecule has 4 bridgehead atoms. The summed E-state index contributed by atoms with van der Waals surface area (Å²) < 4.78 is 0. The SMILES string of the molecule is CCC1=CC2Cc3nc4ccccc4c(NC4(N)c5ccccc5N=C5CC6C=C(C)CC(C6)C54)c3C(C1)C2. The van der Waals surface area contributed by atoms with Gasteiger partial charge in [-0.2, -0.15) is 0 Å². The van der Waals surface area contributed by atoms with Crippen molar-refractivity contribution in [2.24, 2.45) is 34.4 Å². The smallest absolute Gasteiger partial charge is 0.123 e. The number of rotatable bonds is 3. The standard InChI is InChI=1S/C35H38N4/c1-3-21-14-23-16-24(15-21)32-30(18-23)37-28-10-6-4-8-26(28)34(32)39-35(36)27-9-5-7-11-29(27)38-31-19-22-12-20(2)13-25(17-22)33(31)35/h4-12,14,22-25,33H,3,13,15-19,36H2,1-2H3,(H,37,39). The van der Waals surface area contributed by atoms with Crippen LogP contribution in [0, 0.1) is 23.7 Å². The fourth-order valence-corrected chi connectivity index (χ4v) is 8.95. The zero-order valence-corrected chi connectivity index (χ0v) is 23.1. The maximum Gasteiger partial charge on any atom is 0.123 e. The van der Waals surface area contributed by atoms with Crippen LogP contribution in [0.15, 0.2) is 76.8 Å². The number of hydrogen-bond acceptors (Lipinski definition) is 4. The number of aromatic nitrogens is 1. The minimum Gasteiger partial charge on any atom is -0.362 e. The average Bonchev–Trinajstić information content (AvgIpc) is 2.92. The van der Waals surface area contributed by atoms with Crippen LogP contribution in [0.4, 0.5) is 11.4 Å². The molecule has 4 nitrogen and oxygen atoms in total. The van der Waals surface area contributed by atoms with E-state index in [1.807, 2.05) is 0 Å². The van der Waals surface area contributed by atoms with Crippen LogP contribution in [-0.4, -0.2) is 10.7 Å². The fourth-order valence-electron chi connectivity index (χ4n) is 8.95. The lowest BCUT2D eigenvalue weighted by atomic mass is 9.60. The summed E-state index contributed by atoms with van der Waals surface area (Å²) in [4.78, 5) is 10.6. The molecule has 198 valence electrons. The Bertz CT molecular complexity index is 1600. The number of fused-ring (bicyclic) bond motifs is 10. The van der Waals surface area contributed by atoms with Gasteiger partial charge in [0.1, 0.15) is 5.66 Å². The van der Waals surface area contributed by atoms with E-state index in [1.165, 1.54) is 46.5 Å². The number of para-hydroxylation sites is 2. The van der Waals surface area contributed by atoms with Crippen molar-refractivity contribution in [2.45, 2.75) is 70.4 Å². The van der Waals surface area contributed by atoms with Crippen LogP contribution < -0.4 is 11.1 Å². The largest absolute Gasteiger partial charge is 0.362 e. The number of nitrogens with zero attached hydrogens (tertiary/aromatic N) is 2. The second kappa shape index (κ2) is 8.63. The van der Waals surface area contributed by atoms with Crippen LogP contribution in [-0.2, 0) is 12.1 Å². The van der Waals surface area contributed by atoms with Crippen molar-refractivity contribution in [3.63, 3.8) is 0 Å². The van der Waals surface area contributed by atoms with E-state index in [2.05, 4.69) is 79.8 Å². The van der Waals surface area contributed by atoms with Crippen molar-refractivity contribution in [3.8, 4) is 0 Å². The highest BCUT2D eigenvalue weighted by molar-refractivity contribution is 5.98. The summed E-state index contributed by atoms with van der Waals surface area (Å²) in [7, 11) is 0. The van der Waals surface area contributed by atoms with Gasteiger partial charge in [-0.05, 0) is 87.7 Å². The molecule has 4 aliphatic carbocycles. The molecule has 0 radical (unpaired) electrons. The number of nitrogens with one attached hydrogen (secondary N) is 1. The molecule has 8 rings (SSSR count). The molecule has 39 heavy (non-hydrogen) atoms. The van der Waals surface area contributed by atoms with E-state index in [-0.39, 0.29) is 5.92 Å². The molecule has 3 aromatic rings. The van der Waals surface area contributed by atoms with Gasteiger partial charge in [0.05, 0.1) is 16.9 Å². The number of hydrogen-bond donors (Lipinski definition) is 2. The van der Waals surface area contributed by atoms with Crippen molar-refractivity contribution in [2.75, 3.05) is 5.32 Å². The first kappa shape index (κ1) is 23.6. The molecule has 2 heterocycles. The van der Waals surface area contributed by atoms with Gasteiger partial charge in [-0.3, -0.25) is 9.98 Å². The van der Waals surface area contributed by atoms with Gasteiger partial charge in [0.25, 0.3) is 0 Å². The molecule has 0 saturated heterocycles. The lowest BCUT2D eigenvalue weighted by molar-refractivity contribution is 0.211. The summed E-state index contributed by atoms with van der Waals surface area (Å²) >= 11 is 0. The van der Waals surface area contributed by atoms with Gasteiger partial charge in [-0.25, -0.2) is 0 Å². The van der Waals surface area contributed by atoms with Gasteiger partial charge in [-0.15, -0.1) is 0 Å². The van der Waals surface area contributed by atoms with Crippen molar-refractivity contribution in [1.29, 1.82) is 0 Å². The Hall–Kier alpha value is -3.24. The second-order valence-electron chi connectivity index (χ2n) is 12.9. The quantitative estimate of drug-likeness (QED) is 0.276. The molecule has 1 aliphatic heterocycles. The van der Waals surface area contributed by atoms with Gasteiger partial charge < -0.3 is 11.1 Å². The lowest BCUT2D eigenvalue weighted by Gasteiger charge is -2.51. The Morgan fingerprint density at radius 2 is 1.77 bits per heavy atom. The minimum atomic E-state index is -0.728. The zero-order valence-electron chi connectivity index (χ0n) is 23.1. The first-order valence-corrected chi connectivity index (χ1v) is 15.0. The van der Waals surface area contributed by atoms with E-state index in [4.69, 9.17) is 15.7 Å². The predicted molar refractivity (Wildman–Crippen MR) is 160 cm³/mol. The highest BCUT2D eigenvalue weighted by atomic mass is 15.1. The number of allylic oxidation sites excluding steroid dienone is 4. The third-order valence-electron chi connectivity index (χ3n) is 10.3. The van der Waals surface area contributed by atoms with Gasteiger partial charge in [-0.1, -0.05) is 66.6 Å². The molecule has 6 unspecified atom stereocenters. The van der Waals surface area contributed by atoms with Gasteiger partial charge in [0, 0.05) is 33.8 Å². The highest BCUT2D eigenvalue weighted by Crippen LogP contribution is 2.54. The molecule has 1 aromatic heterocycles. The van der Waals surface area contributed by atoms with Crippen LogP contribution in [0.3, 0.4) is 0 Å². The molecule has 0 spiro atoms. The molecule has 2 aromatic carbocycles. The molecule has 0 amide bonds. The van der Waals surface area contributed by atoms with E-state index in [0.717, 1.165) is 48.9 Å². The van der Waals surface area contributed by atoms with Gasteiger partial charge in [0.2, 0.25) is 0 Å². The second-order valence-corrected chi connectivity index (χ2v) is 12.9. The van der Waals surface area contributed by atoms with Crippen molar-refractivity contribution < 1.29 is 0 Å². The maximum absolute atomic E-state index is 7.80. The van der Waals surface area contributed by atoms with Crippen LogP contribution in [0.2, 0.25) is 0 Å². The van der Waals surface area contributed by atoms with Crippen LogP contribution >= 0.6 is 0 Å². The van der Waals surface area contributed by atoms with Gasteiger partial charge in [0.15, 0.2) is 0 Å². The van der Waals surface area contributed by atoms with Crippen molar-refractivity contribution in [3.05, 3.63) is 88.7 Å². The van der Waals surface area contributed by atoms with Crippen LogP contribution in [0.1, 0.15) is 75.1 Å². The van der Waals surface area contributed by atoms with E-state index in [0.29, 0.717) is 23.7 Å². The molecule has 5 aliphatic rings. The molecule has 6 atom stereocenters. The normalized spacial score (nSPS) is 32.3. The van der Waals surface area contributed by atoms with Gasteiger partial charge >= 0.3 is 0 Å². The Kier molecular flexibility index (Phi) is 5.23. The molecule has 1 saturated carbocycles. The summed E-state index contributed by atoms with van der Waals surface area (Å²) in [5.74, 6) is 2.34. The van der Waals surface area contributed by atoms with Crippen molar-refractivity contribution >= 4 is 28.0 Å². The molecule has 3 N–H and O–H groups in total. The van der Waals surface area contributed by atoms with E-state index >= 15 is 0 Å². The third-order valence-corrected chi connectivity index (χ3v) is 10.3. The maximum atomic E-state index is 7.80. The predicted octanol–water partition coefficient (Wildman–Crippen LogP) is 7.92. The highest BCUT2D eigenvalue weighted by Gasteiger charge is 2.52. The van der Waals surface area contributed by atoms with Crippen LogP contribution in [0.25, 0.3) is 10.9 Å². The molecule has 1 fully saturated rings. The first-order valence-electron chi connectivity index (χ1n) is 15.0. The number of aliphatic imine (C=N–C) groups is 1. The minimum absolute atomic E-state index is 0.170. The summed E-state index contributed by atoms with van der Waals surface area (Å²) in [6, 6.07) is 17.3. The number of nitrogens with two attached hydrogens (primary N) is 1. The molecule has 4 heteroatoms. The fraction of sp³-hybridized carbons (Fsp3) is 0.429. The monoisotopic (exact) mass is 514 g/mol. The number of benzene rings is 2. The summed E-state index contributed by atoms with van der Waals surface area (Å²) in [5.41, 5.74) is 18.6. The first-order chi connectivity index (χ1) is 19.0. The Morgan fingerprint density at radius 1 is 0.949 bits per heavy atom. The third kappa shape index (κ3) is 3.60. The average molecular weight is 515 g/mol. The van der Waals surface area contributed by atoms with E-state index in [1.54, 1.807) is 5.57 Å². The Balaban J connectivity index is 1.33. The topological polar surface area (TPSA) is 63.3 Å².